The highest BCUT2D eigenvalue weighted by molar-refractivity contribution is 5.84. The quantitative estimate of drug-likeness (QED) is 0.776. The fourth-order valence-electron chi connectivity index (χ4n) is 6.08. The molecule has 0 radical (unpaired) electrons. The van der Waals surface area contributed by atoms with Crippen LogP contribution in [0.4, 0.5) is 5.95 Å². The first-order valence-corrected chi connectivity index (χ1v) is 12.0. The molecular formula is C23H35N5O3. The van der Waals surface area contributed by atoms with Gasteiger partial charge in [0.2, 0.25) is 11.9 Å². The Bertz CT molecular complexity index is 738. The van der Waals surface area contributed by atoms with Gasteiger partial charge < -0.3 is 19.7 Å². The Morgan fingerprint density at radius 2 is 1.74 bits per heavy atom. The number of amides is 1. The number of hydrogen-bond donors (Lipinski definition) is 1. The Morgan fingerprint density at radius 3 is 2.52 bits per heavy atom. The Balaban J connectivity index is 1.35. The Hall–Kier alpha value is -1.77. The van der Waals surface area contributed by atoms with Crippen molar-refractivity contribution in [2.45, 2.75) is 50.6 Å². The number of anilines is 1. The van der Waals surface area contributed by atoms with Crippen molar-refractivity contribution < 1.29 is 14.3 Å². The average molecular weight is 430 g/mol. The van der Waals surface area contributed by atoms with E-state index in [1.54, 1.807) is 12.4 Å². The van der Waals surface area contributed by atoms with Gasteiger partial charge in [-0.25, -0.2) is 9.97 Å². The summed E-state index contributed by atoms with van der Waals surface area (Å²) in [7, 11) is 0. The van der Waals surface area contributed by atoms with Gasteiger partial charge in [0.25, 0.3) is 0 Å². The Labute approximate surface area is 184 Å². The maximum absolute atomic E-state index is 13.8. The second kappa shape index (κ2) is 9.38. The van der Waals surface area contributed by atoms with E-state index in [4.69, 9.17) is 9.47 Å². The minimum Gasteiger partial charge on any atom is -0.381 e. The third-order valence-corrected chi connectivity index (χ3v) is 7.89. The number of morpholine rings is 1. The molecule has 1 amide bonds. The molecule has 4 heterocycles. The normalized spacial score (nSPS) is 33.0. The number of carbonyl (C=O) groups excluding carboxylic acids is 1. The molecular weight excluding hydrogens is 394 g/mol. The lowest BCUT2D eigenvalue weighted by Gasteiger charge is -2.53. The van der Waals surface area contributed by atoms with Crippen molar-refractivity contribution in [3.05, 3.63) is 18.5 Å². The lowest BCUT2D eigenvalue weighted by atomic mass is 9.60. The average Bonchev–Trinajstić information content (AvgIpc) is 2.85. The standard InChI is InChI=1S/C23H35N5O3/c29-21(26-19-4-12-30-13-5-19)23-6-2-20(27-10-14-31-15-11-27)16-18(23)3-9-28(17-23)22-24-7-1-8-25-22/h1,7-8,18-20H,2-6,9-17H2,(H,26,29)/t18-,20-,23-/m1/s1. The molecule has 4 fully saturated rings. The largest absolute Gasteiger partial charge is 0.381 e. The molecule has 31 heavy (non-hydrogen) atoms. The molecule has 1 N–H and O–H groups in total. The molecule has 3 aliphatic heterocycles. The first-order chi connectivity index (χ1) is 15.2. The summed E-state index contributed by atoms with van der Waals surface area (Å²) in [6.07, 6.45) is 9.52. The summed E-state index contributed by atoms with van der Waals surface area (Å²) in [6, 6.07) is 2.64. The van der Waals surface area contributed by atoms with Crippen molar-refractivity contribution in [1.82, 2.24) is 20.2 Å². The molecule has 0 unspecified atom stereocenters. The number of fused-ring (bicyclic) bond motifs is 1. The zero-order valence-corrected chi connectivity index (χ0v) is 18.4. The number of nitrogens with zero attached hydrogens (tertiary/aromatic N) is 4. The van der Waals surface area contributed by atoms with Gasteiger partial charge in [0.15, 0.2) is 0 Å². The van der Waals surface area contributed by atoms with Gasteiger partial charge in [-0.1, -0.05) is 0 Å². The van der Waals surface area contributed by atoms with Gasteiger partial charge in [-0.05, 0) is 50.5 Å². The summed E-state index contributed by atoms with van der Waals surface area (Å²) in [4.78, 5) is 27.6. The van der Waals surface area contributed by atoms with E-state index < -0.39 is 0 Å². The topological polar surface area (TPSA) is 79.8 Å². The lowest BCUT2D eigenvalue weighted by Crippen LogP contribution is -2.62. The smallest absolute Gasteiger partial charge is 0.228 e. The number of rotatable bonds is 4. The molecule has 0 bridgehead atoms. The second-order valence-corrected chi connectivity index (χ2v) is 9.55. The van der Waals surface area contributed by atoms with E-state index in [0.29, 0.717) is 18.5 Å². The molecule has 170 valence electrons. The van der Waals surface area contributed by atoms with Crippen molar-refractivity contribution in [2.75, 3.05) is 57.5 Å². The Kier molecular flexibility index (Phi) is 6.39. The molecule has 1 saturated carbocycles. The summed E-state index contributed by atoms with van der Waals surface area (Å²) >= 11 is 0. The van der Waals surface area contributed by atoms with Crippen molar-refractivity contribution >= 4 is 11.9 Å². The van der Waals surface area contributed by atoms with E-state index >= 15 is 0 Å². The maximum atomic E-state index is 13.8. The van der Waals surface area contributed by atoms with Gasteiger partial charge >= 0.3 is 0 Å². The highest BCUT2D eigenvalue weighted by atomic mass is 16.5. The van der Waals surface area contributed by atoms with Crippen molar-refractivity contribution in [3.8, 4) is 0 Å². The van der Waals surface area contributed by atoms with Crippen molar-refractivity contribution in [1.29, 1.82) is 0 Å². The SMILES string of the molecule is O=C(NC1CCOCC1)[C@@]12CC[C@@H](N3CCOCC3)C[C@H]1CCN(c1ncccn1)C2. The summed E-state index contributed by atoms with van der Waals surface area (Å²) in [6.45, 7) is 6.80. The van der Waals surface area contributed by atoms with E-state index in [0.717, 1.165) is 90.5 Å². The van der Waals surface area contributed by atoms with Gasteiger partial charge in [0.1, 0.15) is 0 Å². The highest BCUT2D eigenvalue weighted by Gasteiger charge is 2.53. The first-order valence-electron chi connectivity index (χ1n) is 12.0. The molecule has 5 rings (SSSR count). The van der Waals surface area contributed by atoms with E-state index in [-0.39, 0.29) is 17.4 Å². The lowest BCUT2D eigenvalue weighted by molar-refractivity contribution is -0.140. The summed E-state index contributed by atoms with van der Waals surface area (Å²) < 4.78 is 11.1. The van der Waals surface area contributed by atoms with Crippen LogP contribution in [-0.4, -0.2) is 85.5 Å². The predicted octanol–water partition coefficient (Wildman–Crippen LogP) is 1.47. The minimum absolute atomic E-state index is 0.233. The monoisotopic (exact) mass is 429 g/mol. The molecule has 3 saturated heterocycles. The summed E-state index contributed by atoms with van der Waals surface area (Å²) in [5.41, 5.74) is -0.363. The fraction of sp³-hybridized carbons (Fsp3) is 0.783. The third kappa shape index (κ3) is 4.43. The maximum Gasteiger partial charge on any atom is 0.228 e. The van der Waals surface area contributed by atoms with Crippen LogP contribution in [0.3, 0.4) is 0 Å². The van der Waals surface area contributed by atoms with E-state index in [2.05, 4.69) is 25.1 Å². The molecule has 1 aliphatic carbocycles. The molecule has 0 spiro atoms. The second-order valence-electron chi connectivity index (χ2n) is 9.55. The van der Waals surface area contributed by atoms with Crippen LogP contribution in [0, 0.1) is 11.3 Å². The number of carbonyl (C=O) groups is 1. The van der Waals surface area contributed by atoms with Gasteiger partial charge in [0, 0.05) is 63.9 Å². The van der Waals surface area contributed by atoms with Gasteiger partial charge in [-0.3, -0.25) is 9.69 Å². The number of aromatic nitrogens is 2. The first kappa shape index (κ1) is 21.1. The predicted molar refractivity (Wildman–Crippen MR) is 117 cm³/mol. The Morgan fingerprint density at radius 1 is 1.00 bits per heavy atom. The van der Waals surface area contributed by atoms with Crippen molar-refractivity contribution in [2.24, 2.45) is 11.3 Å². The van der Waals surface area contributed by atoms with Gasteiger partial charge in [-0.15, -0.1) is 0 Å². The van der Waals surface area contributed by atoms with Crippen LogP contribution in [0.25, 0.3) is 0 Å². The summed E-state index contributed by atoms with van der Waals surface area (Å²) in [5, 5.41) is 3.42. The van der Waals surface area contributed by atoms with Gasteiger partial charge in [0.05, 0.1) is 18.6 Å². The molecule has 3 atom stereocenters. The molecule has 0 aromatic carbocycles. The van der Waals surface area contributed by atoms with Crippen molar-refractivity contribution in [3.63, 3.8) is 0 Å². The molecule has 1 aromatic heterocycles. The zero-order valence-electron chi connectivity index (χ0n) is 18.4. The van der Waals surface area contributed by atoms with Crippen LogP contribution in [0.1, 0.15) is 38.5 Å². The zero-order chi connectivity index (χ0) is 21.1. The van der Waals surface area contributed by atoms with Crippen LogP contribution in [0.2, 0.25) is 0 Å². The van der Waals surface area contributed by atoms with E-state index in [9.17, 15) is 4.79 Å². The number of nitrogens with one attached hydrogen (secondary N) is 1. The van der Waals surface area contributed by atoms with Crippen LogP contribution in [-0.2, 0) is 14.3 Å². The fourth-order valence-corrected chi connectivity index (χ4v) is 6.08. The van der Waals surface area contributed by atoms with Gasteiger partial charge in [-0.2, -0.15) is 0 Å². The van der Waals surface area contributed by atoms with Crippen LogP contribution >= 0.6 is 0 Å². The van der Waals surface area contributed by atoms with Crippen LogP contribution in [0.15, 0.2) is 18.5 Å². The molecule has 8 nitrogen and oxygen atoms in total. The summed E-state index contributed by atoms with van der Waals surface area (Å²) in [5.74, 6) is 1.38. The number of hydrogen-bond acceptors (Lipinski definition) is 7. The van der Waals surface area contributed by atoms with Crippen LogP contribution in [0.5, 0.6) is 0 Å². The number of ether oxygens (including phenoxy) is 2. The molecule has 1 aromatic rings. The van der Waals surface area contributed by atoms with Crippen LogP contribution < -0.4 is 10.2 Å². The molecule has 8 heteroatoms. The highest BCUT2D eigenvalue weighted by Crippen LogP contribution is 2.48. The van der Waals surface area contributed by atoms with E-state index in [1.165, 1.54) is 0 Å². The van der Waals surface area contributed by atoms with E-state index in [1.807, 2.05) is 6.07 Å². The minimum atomic E-state index is -0.363. The molecule has 4 aliphatic rings. The number of piperidine rings is 1. The third-order valence-electron chi connectivity index (χ3n) is 7.89.